The highest BCUT2D eigenvalue weighted by atomic mass is 31.2. The van der Waals surface area contributed by atoms with Gasteiger partial charge < -0.3 is 28.8 Å². The van der Waals surface area contributed by atoms with Crippen molar-refractivity contribution in [1.29, 1.82) is 0 Å². The Bertz CT molecular complexity index is 1230. The molecule has 0 aliphatic carbocycles. The summed E-state index contributed by atoms with van der Waals surface area (Å²) in [6, 6.07) is -0.824. The SMILES string of the molecule is CC/C=C\C/C=C\C/C=C\C/C=C\CCCCC(=O)NC(COP(=O)([O-])OCC[N+](C)(C)C)C(O)CCCCCCCCCCCCCCCCCCCCCCCCCCCCCCCC. The summed E-state index contributed by atoms with van der Waals surface area (Å²) in [6.45, 7) is 4.59. The Morgan fingerprint density at radius 3 is 1.30 bits per heavy atom. The van der Waals surface area contributed by atoms with Crippen LogP contribution in [0, 0.1) is 0 Å². The van der Waals surface area contributed by atoms with E-state index in [0.29, 0.717) is 30.3 Å². The number of hydrogen-bond donors (Lipinski definition) is 2. The van der Waals surface area contributed by atoms with Gasteiger partial charge in [0.15, 0.2) is 0 Å². The second-order valence-electron chi connectivity index (χ2n) is 20.6. The maximum atomic E-state index is 12.9. The third kappa shape index (κ3) is 52.1. The summed E-state index contributed by atoms with van der Waals surface area (Å²) < 4.78 is 23.4. The van der Waals surface area contributed by atoms with Gasteiger partial charge in [0.25, 0.3) is 7.82 Å². The fourth-order valence-corrected chi connectivity index (χ4v) is 9.11. The molecule has 0 spiro atoms. The second kappa shape index (κ2) is 49.4. The van der Waals surface area contributed by atoms with Gasteiger partial charge in [0.2, 0.25) is 5.91 Å². The highest BCUT2D eigenvalue weighted by Crippen LogP contribution is 2.38. The van der Waals surface area contributed by atoms with Crippen molar-refractivity contribution in [2.75, 3.05) is 40.9 Å². The van der Waals surface area contributed by atoms with Gasteiger partial charge in [0, 0.05) is 6.42 Å². The Morgan fingerprint density at radius 1 is 0.537 bits per heavy atom. The molecule has 2 N–H and O–H groups in total. The van der Waals surface area contributed by atoms with Crippen molar-refractivity contribution in [3.05, 3.63) is 48.6 Å². The van der Waals surface area contributed by atoms with Crippen molar-refractivity contribution >= 4 is 13.7 Å². The van der Waals surface area contributed by atoms with Crippen LogP contribution in [0.4, 0.5) is 0 Å². The van der Waals surface area contributed by atoms with Gasteiger partial charge in [-0.15, -0.1) is 0 Å². The largest absolute Gasteiger partial charge is 0.756 e. The molecule has 3 atom stereocenters. The third-order valence-corrected chi connectivity index (χ3v) is 13.8. The molecule has 0 aromatic carbocycles. The van der Waals surface area contributed by atoms with E-state index in [1.54, 1.807) is 0 Å². The highest BCUT2D eigenvalue weighted by Gasteiger charge is 2.24. The van der Waals surface area contributed by atoms with E-state index in [2.05, 4.69) is 67.8 Å². The summed E-state index contributed by atoms with van der Waals surface area (Å²) in [4.78, 5) is 25.4. The second-order valence-corrected chi connectivity index (χ2v) is 22.0. The lowest BCUT2D eigenvalue weighted by atomic mass is 10.0. The fraction of sp³-hybridized carbons (Fsp3) is 0.845. The van der Waals surface area contributed by atoms with Crippen molar-refractivity contribution in [1.82, 2.24) is 5.32 Å². The first-order valence-corrected chi connectivity index (χ1v) is 29.9. The minimum Gasteiger partial charge on any atom is -0.756 e. The zero-order valence-corrected chi connectivity index (χ0v) is 45.7. The van der Waals surface area contributed by atoms with Crippen molar-refractivity contribution < 1.29 is 32.9 Å². The number of aliphatic hydroxyl groups excluding tert-OH is 1. The summed E-state index contributed by atoms with van der Waals surface area (Å²) in [6.07, 6.45) is 64.5. The van der Waals surface area contributed by atoms with Crippen molar-refractivity contribution in [3.8, 4) is 0 Å². The Kier molecular flexibility index (Phi) is 48.3. The van der Waals surface area contributed by atoms with Crippen LogP contribution >= 0.6 is 7.82 Å². The molecular weight excluding hydrogens is 852 g/mol. The van der Waals surface area contributed by atoms with Gasteiger partial charge in [-0.05, 0) is 51.4 Å². The van der Waals surface area contributed by atoms with Gasteiger partial charge in [0.1, 0.15) is 13.2 Å². The minimum absolute atomic E-state index is 0.00278. The van der Waals surface area contributed by atoms with E-state index in [1.807, 2.05) is 21.1 Å². The molecule has 0 bridgehead atoms. The van der Waals surface area contributed by atoms with Gasteiger partial charge in [-0.1, -0.05) is 255 Å². The molecular formula is C58H111N2O6P. The molecule has 8 nitrogen and oxygen atoms in total. The van der Waals surface area contributed by atoms with Crippen LogP contribution in [-0.2, 0) is 18.4 Å². The number of aliphatic hydroxyl groups is 1. The molecule has 0 fully saturated rings. The van der Waals surface area contributed by atoms with Crippen LogP contribution in [0.3, 0.4) is 0 Å². The number of rotatable bonds is 52. The van der Waals surface area contributed by atoms with Gasteiger partial charge in [-0.25, -0.2) is 0 Å². The molecule has 67 heavy (non-hydrogen) atoms. The molecule has 3 unspecified atom stereocenters. The molecule has 0 radical (unpaired) electrons. The maximum absolute atomic E-state index is 12.9. The molecule has 0 rings (SSSR count). The lowest BCUT2D eigenvalue weighted by molar-refractivity contribution is -0.870. The van der Waals surface area contributed by atoms with E-state index < -0.39 is 20.0 Å². The zero-order valence-electron chi connectivity index (χ0n) is 44.9. The van der Waals surface area contributed by atoms with Gasteiger partial charge in [-0.2, -0.15) is 0 Å². The van der Waals surface area contributed by atoms with E-state index in [1.165, 1.54) is 173 Å². The quantitative estimate of drug-likeness (QED) is 0.0272. The molecule has 0 saturated carbocycles. The highest BCUT2D eigenvalue weighted by molar-refractivity contribution is 7.45. The Labute approximate surface area is 416 Å². The molecule has 0 aromatic rings. The summed E-state index contributed by atoms with van der Waals surface area (Å²) >= 11 is 0. The molecule has 0 aliphatic heterocycles. The van der Waals surface area contributed by atoms with Crippen LogP contribution in [0.5, 0.6) is 0 Å². The number of carbonyl (C=O) groups is 1. The molecule has 0 aliphatic rings. The lowest BCUT2D eigenvalue weighted by Crippen LogP contribution is -2.46. The fourth-order valence-electron chi connectivity index (χ4n) is 8.39. The number of nitrogens with zero attached hydrogens (tertiary/aromatic N) is 1. The average Bonchev–Trinajstić information content (AvgIpc) is 3.29. The van der Waals surface area contributed by atoms with E-state index in [4.69, 9.17) is 9.05 Å². The monoisotopic (exact) mass is 963 g/mol. The van der Waals surface area contributed by atoms with Gasteiger partial charge in [0.05, 0.1) is 39.9 Å². The van der Waals surface area contributed by atoms with Gasteiger partial charge >= 0.3 is 0 Å². The first kappa shape index (κ1) is 65.5. The number of likely N-dealkylation sites (N-methyl/N-ethyl adjacent to an activating group) is 1. The number of carbonyl (C=O) groups excluding carboxylic acids is 1. The Morgan fingerprint density at radius 2 is 0.910 bits per heavy atom. The van der Waals surface area contributed by atoms with Crippen molar-refractivity contribution in [2.24, 2.45) is 0 Å². The molecule has 394 valence electrons. The standard InChI is InChI=1S/C58H111N2O6P/c1-6-8-10-12-14-16-18-20-22-23-24-25-26-27-28-29-30-31-32-33-34-35-36-38-39-41-43-45-47-49-51-57(61)56(55-66-67(63,64)65-54-53-60(3,4)5)59-58(62)52-50-48-46-44-42-40-37-21-19-17-15-13-11-9-7-2/h9,11,15,17,21,37,42,44,56-57,61H,6-8,10,12-14,16,18-20,22-36,38-41,43,45-55H2,1-5H3,(H-,59,62,63,64)/b11-9-,17-15-,37-21-,44-42-. The summed E-state index contributed by atoms with van der Waals surface area (Å²) in [5.41, 5.74) is 0. The predicted octanol–water partition coefficient (Wildman–Crippen LogP) is 16.5. The van der Waals surface area contributed by atoms with Crippen LogP contribution in [0.2, 0.25) is 0 Å². The molecule has 9 heteroatoms. The first-order chi connectivity index (χ1) is 32.5. The van der Waals surface area contributed by atoms with E-state index in [-0.39, 0.29) is 19.1 Å². The first-order valence-electron chi connectivity index (χ1n) is 28.5. The predicted molar refractivity (Wildman–Crippen MR) is 288 cm³/mol. The van der Waals surface area contributed by atoms with Crippen molar-refractivity contribution in [3.63, 3.8) is 0 Å². The van der Waals surface area contributed by atoms with Crippen molar-refractivity contribution in [2.45, 2.75) is 276 Å². The molecule has 0 heterocycles. The number of quaternary nitrogens is 1. The number of phosphoric ester groups is 1. The molecule has 1 amide bonds. The average molecular weight is 964 g/mol. The maximum Gasteiger partial charge on any atom is 0.268 e. The summed E-state index contributed by atoms with van der Waals surface area (Å²) in [5, 5.41) is 14.0. The number of phosphoric acid groups is 1. The van der Waals surface area contributed by atoms with E-state index >= 15 is 0 Å². The summed E-state index contributed by atoms with van der Waals surface area (Å²) in [5.74, 6) is -0.203. The van der Waals surface area contributed by atoms with E-state index in [9.17, 15) is 19.4 Å². The normalized spacial score (nSPS) is 14.3. The van der Waals surface area contributed by atoms with Crippen LogP contribution in [0.15, 0.2) is 48.6 Å². The number of hydrogen-bond acceptors (Lipinski definition) is 6. The number of unbranched alkanes of at least 4 members (excludes halogenated alkanes) is 31. The minimum atomic E-state index is -4.58. The number of amides is 1. The number of allylic oxidation sites excluding steroid dienone is 8. The summed E-state index contributed by atoms with van der Waals surface area (Å²) in [7, 11) is 1.28. The third-order valence-electron chi connectivity index (χ3n) is 12.8. The Hall–Kier alpha value is -1.54. The topological polar surface area (TPSA) is 108 Å². The lowest BCUT2D eigenvalue weighted by Gasteiger charge is -2.30. The smallest absolute Gasteiger partial charge is 0.268 e. The van der Waals surface area contributed by atoms with Crippen LogP contribution in [-0.4, -0.2) is 68.5 Å². The van der Waals surface area contributed by atoms with Crippen LogP contribution in [0.1, 0.15) is 264 Å². The van der Waals surface area contributed by atoms with Crippen LogP contribution in [0.25, 0.3) is 0 Å². The van der Waals surface area contributed by atoms with Crippen LogP contribution < -0.4 is 10.2 Å². The van der Waals surface area contributed by atoms with Gasteiger partial charge in [-0.3, -0.25) is 9.36 Å². The van der Waals surface area contributed by atoms with E-state index in [0.717, 1.165) is 57.8 Å². The number of nitrogens with one attached hydrogen (secondary N) is 1. The molecule has 0 saturated heterocycles. The Balaban J connectivity index is 4.09. The molecule has 0 aromatic heterocycles. The zero-order chi connectivity index (χ0) is 49.2.